The van der Waals surface area contributed by atoms with Crippen molar-refractivity contribution in [2.75, 3.05) is 13.1 Å². The molecule has 14 heavy (non-hydrogen) atoms. The molecule has 2 atom stereocenters. The Hall–Kier alpha value is -0.0800. The standard InChI is InChI=1S/C12H26N2/c1-5-11-7-6-8-14(11)9-12(3,4)10(2)13/h10-11H,5-9,13H2,1-4H3. The molecule has 0 aromatic carbocycles. The summed E-state index contributed by atoms with van der Waals surface area (Å²) in [5.41, 5.74) is 6.26. The van der Waals surface area contributed by atoms with E-state index in [1.54, 1.807) is 0 Å². The van der Waals surface area contributed by atoms with E-state index in [4.69, 9.17) is 5.73 Å². The zero-order valence-electron chi connectivity index (χ0n) is 10.2. The minimum atomic E-state index is 0.248. The average Bonchev–Trinajstić information content (AvgIpc) is 2.50. The van der Waals surface area contributed by atoms with E-state index in [9.17, 15) is 0 Å². The molecule has 0 aromatic heterocycles. The molecule has 0 aliphatic carbocycles. The monoisotopic (exact) mass is 198 g/mol. The molecule has 2 unspecified atom stereocenters. The minimum Gasteiger partial charge on any atom is -0.327 e. The van der Waals surface area contributed by atoms with Gasteiger partial charge in [0, 0.05) is 18.6 Å². The summed E-state index contributed by atoms with van der Waals surface area (Å²) >= 11 is 0. The lowest BCUT2D eigenvalue weighted by atomic mass is 9.85. The summed E-state index contributed by atoms with van der Waals surface area (Å²) in [6, 6.07) is 1.09. The molecule has 0 radical (unpaired) electrons. The molecule has 2 heteroatoms. The highest BCUT2D eigenvalue weighted by Crippen LogP contribution is 2.27. The zero-order chi connectivity index (χ0) is 10.8. The van der Waals surface area contributed by atoms with Crippen molar-refractivity contribution in [3.63, 3.8) is 0 Å². The van der Waals surface area contributed by atoms with Crippen LogP contribution in [0.2, 0.25) is 0 Å². The lowest BCUT2D eigenvalue weighted by Crippen LogP contribution is -2.45. The minimum absolute atomic E-state index is 0.248. The summed E-state index contributed by atoms with van der Waals surface area (Å²) in [4.78, 5) is 2.63. The van der Waals surface area contributed by atoms with Crippen LogP contribution in [0, 0.1) is 5.41 Å². The van der Waals surface area contributed by atoms with Crippen LogP contribution in [-0.4, -0.2) is 30.1 Å². The summed E-state index contributed by atoms with van der Waals surface area (Å²) in [6.45, 7) is 11.4. The van der Waals surface area contributed by atoms with Gasteiger partial charge in [0.1, 0.15) is 0 Å². The topological polar surface area (TPSA) is 29.3 Å². The number of hydrogen-bond donors (Lipinski definition) is 1. The van der Waals surface area contributed by atoms with Crippen molar-refractivity contribution in [3.8, 4) is 0 Å². The van der Waals surface area contributed by atoms with Crippen molar-refractivity contribution in [1.29, 1.82) is 0 Å². The van der Waals surface area contributed by atoms with Crippen molar-refractivity contribution in [1.82, 2.24) is 4.90 Å². The van der Waals surface area contributed by atoms with Crippen molar-refractivity contribution in [2.45, 2.75) is 59.0 Å². The lowest BCUT2D eigenvalue weighted by molar-refractivity contribution is 0.144. The fourth-order valence-corrected chi connectivity index (χ4v) is 2.23. The molecule has 0 saturated carbocycles. The van der Waals surface area contributed by atoms with Crippen LogP contribution in [0.3, 0.4) is 0 Å². The van der Waals surface area contributed by atoms with Crippen LogP contribution in [0.25, 0.3) is 0 Å². The highest BCUT2D eigenvalue weighted by atomic mass is 15.2. The Morgan fingerprint density at radius 3 is 2.64 bits per heavy atom. The molecule has 84 valence electrons. The fourth-order valence-electron chi connectivity index (χ4n) is 2.23. The first-order valence-electron chi connectivity index (χ1n) is 5.97. The number of rotatable bonds is 4. The van der Waals surface area contributed by atoms with E-state index in [2.05, 4.69) is 32.6 Å². The number of likely N-dealkylation sites (tertiary alicyclic amines) is 1. The van der Waals surface area contributed by atoms with E-state index in [-0.39, 0.29) is 11.5 Å². The number of nitrogens with zero attached hydrogens (tertiary/aromatic N) is 1. The van der Waals surface area contributed by atoms with E-state index in [0.717, 1.165) is 12.6 Å². The fraction of sp³-hybridized carbons (Fsp3) is 1.00. The van der Waals surface area contributed by atoms with Gasteiger partial charge in [-0.05, 0) is 38.1 Å². The SMILES string of the molecule is CCC1CCCN1CC(C)(C)C(C)N. The second-order valence-corrected chi connectivity index (χ2v) is 5.45. The molecule has 1 fully saturated rings. The Balaban J connectivity index is 2.50. The van der Waals surface area contributed by atoms with Crippen LogP contribution < -0.4 is 5.73 Å². The van der Waals surface area contributed by atoms with Crippen LogP contribution in [0.1, 0.15) is 47.0 Å². The van der Waals surface area contributed by atoms with Gasteiger partial charge in [0.25, 0.3) is 0 Å². The van der Waals surface area contributed by atoms with E-state index >= 15 is 0 Å². The van der Waals surface area contributed by atoms with Crippen molar-refractivity contribution < 1.29 is 0 Å². The number of hydrogen-bond acceptors (Lipinski definition) is 2. The van der Waals surface area contributed by atoms with Gasteiger partial charge in [-0.15, -0.1) is 0 Å². The smallest absolute Gasteiger partial charge is 0.00933 e. The average molecular weight is 198 g/mol. The zero-order valence-corrected chi connectivity index (χ0v) is 10.2. The maximum Gasteiger partial charge on any atom is 0.00933 e. The maximum absolute atomic E-state index is 6.01. The third-order valence-corrected chi connectivity index (χ3v) is 3.81. The first-order chi connectivity index (χ1) is 6.47. The predicted molar refractivity (Wildman–Crippen MR) is 62.3 cm³/mol. The molecule has 1 heterocycles. The Kier molecular flexibility index (Phi) is 3.96. The predicted octanol–water partition coefficient (Wildman–Crippen LogP) is 2.23. The van der Waals surface area contributed by atoms with Gasteiger partial charge in [0.05, 0.1) is 0 Å². The molecule has 0 aromatic rings. The van der Waals surface area contributed by atoms with Gasteiger partial charge in [-0.2, -0.15) is 0 Å². The first kappa shape index (κ1) is 12.0. The van der Waals surface area contributed by atoms with Crippen LogP contribution >= 0.6 is 0 Å². The van der Waals surface area contributed by atoms with Gasteiger partial charge in [-0.1, -0.05) is 20.8 Å². The third-order valence-electron chi connectivity index (χ3n) is 3.81. The summed E-state index contributed by atoms with van der Waals surface area (Å²) in [6.07, 6.45) is 4.04. The summed E-state index contributed by atoms with van der Waals surface area (Å²) < 4.78 is 0. The van der Waals surface area contributed by atoms with Gasteiger partial charge in [-0.3, -0.25) is 4.90 Å². The molecule has 0 spiro atoms. The second-order valence-electron chi connectivity index (χ2n) is 5.45. The van der Waals surface area contributed by atoms with E-state index in [1.165, 1.54) is 25.8 Å². The van der Waals surface area contributed by atoms with Gasteiger partial charge < -0.3 is 5.73 Å². The number of nitrogens with two attached hydrogens (primary N) is 1. The van der Waals surface area contributed by atoms with Gasteiger partial charge in [0.15, 0.2) is 0 Å². The van der Waals surface area contributed by atoms with Gasteiger partial charge in [-0.25, -0.2) is 0 Å². The Labute approximate surface area is 88.8 Å². The Bertz CT molecular complexity index is 175. The van der Waals surface area contributed by atoms with Crippen LogP contribution in [0.4, 0.5) is 0 Å². The van der Waals surface area contributed by atoms with Crippen LogP contribution in [-0.2, 0) is 0 Å². The second kappa shape index (κ2) is 4.63. The van der Waals surface area contributed by atoms with Crippen molar-refractivity contribution in [2.24, 2.45) is 11.1 Å². The lowest BCUT2D eigenvalue weighted by Gasteiger charge is -2.36. The highest BCUT2D eigenvalue weighted by Gasteiger charge is 2.31. The molecule has 1 aliphatic heterocycles. The molecule has 2 N–H and O–H groups in total. The highest BCUT2D eigenvalue weighted by molar-refractivity contribution is 4.86. The maximum atomic E-state index is 6.01. The first-order valence-corrected chi connectivity index (χ1v) is 5.97. The van der Waals surface area contributed by atoms with E-state index in [0.29, 0.717) is 0 Å². The Morgan fingerprint density at radius 1 is 1.50 bits per heavy atom. The van der Waals surface area contributed by atoms with Crippen LogP contribution in [0.5, 0.6) is 0 Å². The third kappa shape index (κ3) is 2.71. The van der Waals surface area contributed by atoms with Gasteiger partial charge >= 0.3 is 0 Å². The van der Waals surface area contributed by atoms with E-state index < -0.39 is 0 Å². The molecule has 1 rings (SSSR count). The normalized spacial score (nSPS) is 26.8. The molecule has 1 aliphatic rings. The quantitative estimate of drug-likeness (QED) is 0.750. The molecule has 1 saturated heterocycles. The molecule has 0 bridgehead atoms. The largest absolute Gasteiger partial charge is 0.327 e. The molecular weight excluding hydrogens is 172 g/mol. The molecule has 2 nitrogen and oxygen atoms in total. The molecule has 0 amide bonds. The van der Waals surface area contributed by atoms with Crippen molar-refractivity contribution >= 4 is 0 Å². The summed E-state index contributed by atoms with van der Waals surface area (Å²) in [5.74, 6) is 0. The summed E-state index contributed by atoms with van der Waals surface area (Å²) in [7, 11) is 0. The summed E-state index contributed by atoms with van der Waals surface area (Å²) in [5, 5.41) is 0. The Morgan fingerprint density at radius 2 is 2.14 bits per heavy atom. The van der Waals surface area contributed by atoms with Crippen LogP contribution in [0.15, 0.2) is 0 Å². The van der Waals surface area contributed by atoms with Crippen molar-refractivity contribution in [3.05, 3.63) is 0 Å². The van der Waals surface area contributed by atoms with Gasteiger partial charge in [0.2, 0.25) is 0 Å². The molecular formula is C12H26N2. The van der Waals surface area contributed by atoms with E-state index in [1.807, 2.05) is 0 Å².